The number of likely N-dealkylation sites (N-methyl/N-ethyl adjacent to an activating group) is 1. The molecule has 3 aromatic carbocycles. The number of aromatic nitrogens is 3. The number of halogens is 2. The van der Waals surface area contributed by atoms with E-state index in [4.69, 9.17) is 37.7 Å². The molecule has 43 heavy (non-hydrogen) atoms. The van der Waals surface area contributed by atoms with E-state index in [0.717, 1.165) is 42.4 Å². The van der Waals surface area contributed by atoms with Crippen molar-refractivity contribution in [3.63, 3.8) is 0 Å². The average molecular weight is 619 g/mol. The molecule has 2 heterocycles. The van der Waals surface area contributed by atoms with Crippen molar-refractivity contribution in [3.8, 4) is 22.6 Å². The number of nitrogens with one attached hydrogen (secondary N) is 1. The van der Waals surface area contributed by atoms with Crippen LogP contribution in [0, 0.1) is 0 Å². The van der Waals surface area contributed by atoms with Crippen molar-refractivity contribution in [3.05, 3.63) is 105 Å². The first-order valence-corrected chi connectivity index (χ1v) is 14.9. The van der Waals surface area contributed by atoms with E-state index in [1.54, 1.807) is 31.5 Å². The Labute approximate surface area is 260 Å². The van der Waals surface area contributed by atoms with Crippen LogP contribution in [0.15, 0.2) is 83.9 Å². The maximum atomic E-state index is 13.7. The lowest BCUT2D eigenvalue weighted by molar-refractivity contribution is 0.223. The lowest BCUT2D eigenvalue weighted by Gasteiger charge is -2.18. The summed E-state index contributed by atoms with van der Waals surface area (Å²) in [5, 5.41) is 4.37. The highest BCUT2D eigenvalue weighted by molar-refractivity contribution is 6.39. The minimum atomic E-state index is -0.256. The van der Waals surface area contributed by atoms with E-state index >= 15 is 0 Å². The summed E-state index contributed by atoms with van der Waals surface area (Å²) in [4.78, 5) is 25.3. The second-order valence-corrected chi connectivity index (χ2v) is 10.7. The van der Waals surface area contributed by atoms with Crippen LogP contribution in [0.25, 0.3) is 22.2 Å². The van der Waals surface area contributed by atoms with Crippen molar-refractivity contribution in [2.24, 2.45) is 0 Å². The molecule has 0 saturated carbocycles. The van der Waals surface area contributed by atoms with Crippen molar-refractivity contribution in [2.75, 3.05) is 38.7 Å². The lowest BCUT2D eigenvalue weighted by atomic mass is 10.1. The maximum Gasteiger partial charge on any atom is 0.229 e. The van der Waals surface area contributed by atoms with E-state index in [1.807, 2.05) is 53.1 Å². The van der Waals surface area contributed by atoms with E-state index in [1.165, 1.54) is 6.20 Å². The quantitative estimate of drug-likeness (QED) is 0.157. The van der Waals surface area contributed by atoms with Gasteiger partial charge in [0.2, 0.25) is 11.4 Å². The molecular formula is C33H33Cl2N5O3. The van der Waals surface area contributed by atoms with Crippen molar-refractivity contribution < 1.29 is 9.47 Å². The molecular weight excluding hydrogens is 585 g/mol. The molecule has 1 N–H and O–H groups in total. The first-order valence-electron chi connectivity index (χ1n) is 14.1. The number of rotatable bonds is 12. The third-order valence-corrected chi connectivity index (χ3v) is 7.87. The van der Waals surface area contributed by atoms with Gasteiger partial charge in [0.1, 0.15) is 23.8 Å². The van der Waals surface area contributed by atoms with Gasteiger partial charge in [-0.2, -0.15) is 4.98 Å². The summed E-state index contributed by atoms with van der Waals surface area (Å²) in [5.41, 5.74) is 2.85. The largest absolute Gasteiger partial charge is 0.497 e. The summed E-state index contributed by atoms with van der Waals surface area (Å²) in [6, 6.07) is 20.5. The molecule has 0 fully saturated rings. The Morgan fingerprint density at radius 3 is 2.26 bits per heavy atom. The third-order valence-electron chi connectivity index (χ3n) is 7.24. The van der Waals surface area contributed by atoms with Crippen molar-refractivity contribution >= 4 is 45.9 Å². The van der Waals surface area contributed by atoms with Gasteiger partial charge in [-0.3, -0.25) is 4.79 Å². The normalized spacial score (nSPS) is 11.2. The molecule has 0 bridgehead atoms. The van der Waals surface area contributed by atoms with Gasteiger partial charge >= 0.3 is 0 Å². The van der Waals surface area contributed by atoms with Gasteiger partial charge in [-0.1, -0.05) is 55.2 Å². The molecule has 222 valence electrons. The first kappa shape index (κ1) is 30.4. The lowest BCUT2D eigenvalue weighted by Crippen LogP contribution is -2.27. The predicted molar refractivity (Wildman–Crippen MR) is 174 cm³/mol. The molecule has 0 aliphatic heterocycles. The molecule has 0 radical (unpaired) electrons. The number of pyridine rings is 1. The molecule has 0 atom stereocenters. The zero-order valence-corrected chi connectivity index (χ0v) is 25.8. The molecule has 0 unspecified atom stereocenters. The van der Waals surface area contributed by atoms with Gasteiger partial charge < -0.3 is 24.3 Å². The number of anilines is 2. The average Bonchev–Trinajstić information content (AvgIpc) is 3.02. The van der Waals surface area contributed by atoms with Gasteiger partial charge in [0.15, 0.2) is 0 Å². The molecule has 5 rings (SSSR count). The van der Waals surface area contributed by atoms with Crippen LogP contribution >= 0.6 is 23.2 Å². The minimum absolute atomic E-state index is 0.256. The topological polar surface area (TPSA) is 81.5 Å². The highest BCUT2D eigenvalue weighted by Gasteiger charge is 2.18. The fraction of sp³-hybridized carbons (Fsp3) is 0.242. The molecule has 2 aromatic heterocycles. The fourth-order valence-corrected chi connectivity index (χ4v) is 5.41. The fourth-order valence-electron chi connectivity index (χ4n) is 4.81. The molecule has 0 aliphatic rings. The smallest absolute Gasteiger partial charge is 0.229 e. The molecule has 10 heteroatoms. The summed E-state index contributed by atoms with van der Waals surface area (Å²) < 4.78 is 13.1. The first-order chi connectivity index (χ1) is 20.9. The Bertz CT molecular complexity index is 1730. The van der Waals surface area contributed by atoms with Crippen LogP contribution in [-0.4, -0.2) is 52.8 Å². The summed E-state index contributed by atoms with van der Waals surface area (Å²) in [6.45, 7) is 8.21. The van der Waals surface area contributed by atoms with Crippen LogP contribution in [0.2, 0.25) is 10.0 Å². The Morgan fingerprint density at radius 2 is 1.60 bits per heavy atom. The number of fused-ring (bicyclic) bond motifs is 1. The van der Waals surface area contributed by atoms with Crippen molar-refractivity contribution in [2.45, 2.75) is 20.4 Å². The predicted octanol–water partition coefficient (Wildman–Crippen LogP) is 7.29. The van der Waals surface area contributed by atoms with Gasteiger partial charge in [0.25, 0.3) is 0 Å². The van der Waals surface area contributed by atoms with Crippen molar-refractivity contribution in [1.29, 1.82) is 0 Å². The molecule has 8 nitrogen and oxygen atoms in total. The van der Waals surface area contributed by atoms with E-state index in [-0.39, 0.29) is 5.43 Å². The number of hydrogen-bond acceptors (Lipinski definition) is 7. The van der Waals surface area contributed by atoms with E-state index in [2.05, 4.69) is 29.0 Å². The Hall–Kier alpha value is -4.11. The Kier molecular flexibility index (Phi) is 9.82. The number of ether oxygens (including phenoxy) is 2. The number of nitrogens with zero attached hydrogens (tertiary/aromatic N) is 4. The van der Waals surface area contributed by atoms with Gasteiger partial charge in [0, 0.05) is 42.3 Å². The van der Waals surface area contributed by atoms with Gasteiger partial charge in [-0.25, -0.2) is 4.98 Å². The monoisotopic (exact) mass is 617 g/mol. The summed E-state index contributed by atoms with van der Waals surface area (Å²) >= 11 is 13.0. The van der Waals surface area contributed by atoms with Crippen LogP contribution in [0.4, 0.5) is 11.6 Å². The second-order valence-electron chi connectivity index (χ2n) is 9.90. The molecule has 0 saturated heterocycles. The summed E-state index contributed by atoms with van der Waals surface area (Å²) in [7, 11) is 1.63. The number of benzene rings is 3. The van der Waals surface area contributed by atoms with Gasteiger partial charge in [-0.05, 0) is 67.2 Å². The van der Waals surface area contributed by atoms with E-state index in [0.29, 0.717) is 51.3 Å². The Balaban J connectivity index is 1.47. The van der Waals surface area contributed by atoms with E-state index in [9.17, 15) is 4.79 Å². The highest BCUT2D eigenvalue weighted by Crippen LogP contribution is 2.34. The highest BCUT2D eigenvalue weighted by atomic mass is 35.5. The van der Waals surface area contributed by atoms with Crippen LogP contribution in [0.1, 0.15) is 19.4 Å². The molecule has 5 aromatic rings. The third kappa shape index (κ3) is 7.10. The maximum absolute atomic E-state index is 13.7. The standard InChI is InChI=1S/C33H33Cl2N5O3/c1-4-39(5-2)17-18-43-25-15-11-23(12-16-25)37-33-36-19-26-31(41)27(30-28(34)7-6-8-29(30)35)21-40(32(26)38-33)20-22-9-13-24(42-3)14-10-22/h6-16,19,21H,4-5,17-18,20H2,1-3H3,(H,36,37,38). The molecule has 0 amide bonds. The van der Waals surface area contributed by atoms with Gasteiger partial charge in [-0.15, -0.1) is 0 Å². The summed E-state index contributed by atoms with van der Waals surface area (Å²) in [5.74, 6) is 1.90. The minimum Gasteiger partial charge on any atom is -0.497 e. The second kappa shape index (κ2) is 13.9. The number of hydrogen-bond donors (Lipinski definition) is 1. The van der Waals surface area contributed by atoms with Crippen molar-refractivity contribution in [1.82, 2.24) is 19.4 Å². The SMILES string of the molecule is CCN(CC)CCOc1ccc(Nc2ncc3c(=O)c(-c4c(Cl)cccc4Cl)cn(Cc4ccc(OC)cc4)c3n2)cc1. The van der Waals surface area contributed by atoms with Crippen LogP contribution in [0.5, 0.6) is 11.5 Å². The van der Waals surface area contributed by atoms with Crippen LogP contribution in [0.3, 0.4) is 0 Å². The number of methoxy groups -OCH3 is 1. The zero-order chi connectivity index (χ0) is 30.3. The van der Waals surface area contributed by atoms with Crippen LogP contribution < -0.4 is 20.2 Å². The van der Waals surface area contributed by atoms with Crippen LogP contribution in [-0.2, 0) is 6.54 Å². The zero-order valence-electron chi connectivity index (χ0n) is 24.3. The van der Waals surface area contributed by atoms with Gasteiger partial charge in [0.05, 0.1) is 22.5 Å². The molecule has 0 aliphatic carbocycles. The van der Waals surface area contributed by atoms with E-state index < -0.39 is 0 Å². The summed E-state index contributed by atoms with van der Waals surface area (Å²) in [6.07, 6.45) is 3.29. The molecule has 0 spiro atoms. The Morgan fingerprint density at radius 1 is 0.930 bits per heavy atom.